The van der Waals surface area contributed by atoms with Gasteiger partial charge in [-0.15, -0.1) is 24.0 Å². The van der Waals surface area contributed by atoms with Gasteiger partial charge in [0.05, 0.1) is 6.54 Å². The predicted octanol–water partition coefficient (Wildman–Crippen LogP) is 4.20. The van der Waals surface area contributed by atoms with E-state index >= 15 is 0 Å². The Morgan fingerprint density at radius 1 is 1.14 bits per heavy atom. The maximum Gasteiger partial charge on any atom is 0.191 e. The van der Waals surface area contributed by atoms with Gasteiger partial charge in [0, 0.05) is 38.9 Å². The minimum absolute atomic E-state index is 0. The van der Waals surface area contributed by atoms with E-state index in [2.05, 4.69) is 55.4 Å². The van der Waals surface area contributed by atoms with Crippen LogP contribution in [0.2, 0.25) is 0 Å². The number of nitrogens with zero attached hydrogens (tertiary/aromatic N) is 3. The van der Waals surface area contributed by atoms with E-state index in [0.717, 1.165) is 35.2 Å². The van der Waals surface area contributed by atoms with E-state index in [0.29, 0.717) is 13.1 Å². The molecule has 7 heteroatoms. The lowest BCUT2D eigenvalue weighted by Crippen LogP contribution is -2.37. The Morgan fingerprint density at radius 3 is 2.52 bits per heavy atom. The summed E-state index contributed by atoms with van der Waals surface area (Å²) in [7, 11) is 3.97. The zero-order valence-electron chi connectivity index (χ0n) is 18.3. The van der Waals surface area contributed by atoms with Gasteiger partial charge < -0.3 is 20.3 Å². The topological polar surface area (TPSA) is 61.8 Å². The van der Waals surface area contributed by atoms with Gasteiger partial charge in [-0.3, -0.25) is 0 Å². The van der Waals surface area contributed by atoms with E-state index in [1.54, 1.807) is 0 Å². The number of rotatable bonds is 7. The average Bonchev–Trinajstić information content (AvgIpc) is 2.64. The van der Waals surface area contributed by atoms with Gasteiger partial charge in [-0.25, -0.2) is 9.98 Å². The first-order valence-corrected chi connectivity index (χ1v) is 9.70. The van der Waals surface area contributed by atoms with E-state index in [9.17, 15) is 0 Å². The molecule has 2 aromatic rings. The molecule has 2 N–H and O–H groups in total. The third-order valence-electron chi connectivity index (χ3n) is 3.87. The lowest BCUT2D eigenvalue weighted by atomic mass is 10.1. The Labute approximate surface area is 192 Å². The molecule has 0 radical (unpaired) electrons. The van der Waals surface area contributed by atoms with E-state index < -0.39 is 0 Å². The van der Waals surface area contributed by atoms with Crippen molar-refractivity contribution in [1.82, 2.24) is 15.6 Å². The standard InChI is InChI=1S/C22H33N5O.HI/c1-7-23-21(25-15-17-12-13-24-20(14-17)27(5)6)26-16-18-10-8-9-11-19(18)28-22(2,3)4;/h8-14H,7,15-16H2,1-6H3,(H2,23,25,26);1H. The Hall–Kier alpha value is -2.03. The summed E-state index contributed by atoms with van der Waals surface area (Å²) in [4.78, 5) is 11.0. The fourth-order valence-corrected chi connectivity index (χ4v) is 2.57. The molecule has 0 saturated heterocycles. The van der Waals surface area contributed by atoms with Crippen LogP contribution in [0.5, 0.6) is 5.75 Å². The first-order chi connectivity index (χ1) is 13.3. The van der Waals surface area contributed by atoms with Crippen molar-refractivity contribution in [3.05, 3.63) is 53.7 Å². The lowest BCUT2D eigenvalue weighted by Gasteiger charge is -2.23. The third-order valence-corrected chi connectivity index (χ3v) is 3.87. The monoisotopic (exact) mass is 511 g/mol. The molecule has 1 aromatic heterocycles. The highest BCUT2D eigenvalue weighted by Gasteiger charge is 2.14. The highest BCUT2D eigenvalue weighted by atomic mass is 127. The molecular weight excluding hydrogens is 477 g/mol. The molecule has 1 heterocycles. The maximum atomic E-state index is 6.08. The molecule has 1 aromatic carbocycles. The zero-order valence-corrected chi connectivity index (χ0v) is 20.7. The first-order valence-electron chi connectivity index (χ1n) is 9.70. The molecule has 160 valence electrons. The van der Waals surface area contributed by atoms with Crippen LogP contribution >= 0.6 is 24.0 Å². The number of benzene rings is 1. The molecular formula is C22H34IN5O. The van der Waals surface area contributed by atoms with Crippen LogP contribution < -0.4 is 20.3 Å². The second-order valence-electron chi connectivity index (χ2n) is 7.79. The summed E-state index contributed by atoms with van der Waals surface area (Å²) in [5, 5.41) is 6.70. The highest BCUT2D eigenvalue weighted by molar-refractivity contribution is 14.0. The summed E-state index contributed by atoms with van der Waals surface area (Å²) in [5.41, 5.74) is 1.98. The number of guanidine groups is 1. The van der Waals surface area contributed by atoms with Gasteiger partial charge in [-0.2, -0.15) is 0 Å². The van der Waals surface area contributed by atoms with Crippen molar-refractivity contribution < 1.29 is 4.74 Å². The van der Waals surface area contributed by atoms with Gasteiger partial charge in [-0.05, 0) is 51.5 Å². The van der Waals surface area contributed by atoms with Gasteiger partial charge in [0.1, 0.15) is 17.2 Å². The number of aromatic nitrogens is 1. The molecule has 0 aliphatic heterocycles. The first kappa shape index (κ1) is 25.0. The van der Waals surface area contributed by atoms with Gasteiger partial charge in [0.25, 0.3) is 0 Å². The van der Waals surface area contributed by atoms with E-state index in [1.807, 2.05) is 49.5 Å². The van der Waals surface area contributed by atoms with Gasteiger partial charge in [0.2, 0.25) is 0 Å². The van der Waals surface area contributed by atoms with Gasteiger partial charge in [-0.1, -0.05) is 18.2 Å². The van der Waals surface area contributed by atoms with Crippen molar-refractivity contribution in [3.63, 3.8) is 0 Å². The Kier molecular flexibility index (Phi) is 10.2. The predicted molar refractivity (Wildman–Crippen MR) is 132 cm³/mol. The van der Waals surface area contributed by atoms with Crippen LogP contribution in [-0.4, -0.2) is 37.2 Å². The van der Waals surface area contributed by atoms with Crippen molar-refractivity contribution >= 4 is 35.8 Å². The van der Waals surface area contributed by atoms with Gasteiger partial charge >= 0.3 is 0 Å². The average molecular weight is 511 g/mol. The van der Waals surface area contributed by atoms with Crippen LogP contribution in [0.1, 0.15) is 38.8 Å². The number of anilines is 1. The largest absolute Gasteiger partial charge is 0.488 e. The number of halogens is 1. The molecule has 0 aliphatic rings. The maximum absolute atomic E-state index is 6.08. The summed E-state index contributed by atoms with van der Waals surface area (Å²) in [6, 6.07) is 12.1. The molecule has 6 nitrogen and oxygen atoms in total. The molecule has 0 atom stereocenters. The molecule has 0 saturated carbocycles. The van der Waals surface area contributed by atoms with Crippen molar-refractivity contribution in [2.45, 2.75) is 46.4 Å². The third kappa shape index (κ3) is 8.89. The van der Waals surface area contributed by atoms with E-state index in [4.69, 9.17) is 9.73 Å². The Balaban J connectivity index is 0.00000420. The second kappa shape index (κ2) is 11.8. The SMILES string of the molecule is CCNC(=NCc1ccnc(N(C)C)c1)NCc1ccccc1OC(C)(C)C.I. The Bertz CT molecular complexity index is 787. The summed E-state index contributed by atoms with van der Waals surface area (Å²) >= 11 is 0. The van der Waals surface area contributed by atoms with Crippen molar-refractivity contribution in [3.8, 4) is 5.75 Å². The van der Waals surface area contributed by atoms with Crippen molar-refractivity contribution in [2.75, 3.05) is 25.5 Å². The van der Waals surface area contributed by atoms with Crippen LogP contribution in [-0.2, 0) is 13.1 Å². The smallest absolute Gasteiger partial charge is 0.191 e. The zero-order chi connectivity index (χ0) is 20.6. The van der Waals surface area contributed by atoms with Gasteiger partial charge in [0.15, 0.2) is 5.96 Å². The molecule has 29 heavy (non-hydrogen) atoms. The van der Waals surface area contributed by atoms with Crippen LogP contribution in [0, 0.1) is 0 Å². The lowest BCUT2D eigenvalue weighted by molar-refractivity contribution is 0.129. The Morgan fingerprint density at radius 2 is 1.86 bits per heavy atom. The normalized spacial score (nSPS) is 11.4. The molecule has 0 aliphatic carbocycles. The van der Waals surface area contributed by atoms with Crippen molar-refractivity contribution in [2.24, 2.45) is 4.99 Å². The van der Waals surface area contributed by atoms with E-state index in [1.165, 1.54) is 0 Å². The van der Waals surface area contributed by atoms with E-state index in [-0.39, 0.29) is 29.6 Å². The van der Waals surface area contributed by atoms with Crippen LogP contribution in [0.15, 0.2) is 47.6 Å². The number of para-hydroxylation sites is 1. The molecule has 0 bridgehead atoms. The summed E-state index contributed by atoms with van der Waals surface area (Å²) in [6.45, 7) is 10.2. The molecule has 2 rings (SSSR count). The number of ether oxygens (including phenoxy) is 1. The second-order valence-corrected chi connectivity index (χ2v) is 7.79. The number of hydrogen-bond acceptors (Lipinski definition) is 4. The molecule has 0 unspecified atom stereocenters. The molecule has 0 fully saturated rings. The van der Waals surface area contributed by atoms with Crippen LogP contribution in [0.4, 0.5) is 5.82 Å². The fraction of sp³-hybridized carbons (Fsp3) is 0.455. The fourth-order valence-electron chi connectivity index (χ4n) is 2.57. The van der Waals surface area contributed by atoms with Crippen LogP contribution in [0.25, 0.3) is 0 Å². The number of hydrogen-bond donors (Lipinski definition) is 2. The van der Waals surface area contributed by atoms with Crippen molar-refractivity contribution in [1.29, 1.82) is 0 Å². The number of pyridine rings is 1. The summed E-state index contributed by atoms with van der Waals surface area (Å²) in [5.74, 6) is 2.60. The summed E-state index contributed by atoms with van der Waals surface area (Å²) < 4.78 is 6.08. The minimum Gasteiger partial charge on any atom is -0.488 e. The molecule has 0 amide bonds. The molecule has 0 spiro atoms. The summed E-state index contributed by atoms with van der Waals surface area (Å²) in [6.07, 6.45) is 1.82. The minimum atomic E-state index is -0.236. The van der Waals surface area contributed by atoms with Crippen LogP contribution in [0.3, 0.4) is 0 Å². The quantitative estimate of drug-likeness (QED) is 0.332. The number of aliphatic imine (C=N–C) groups is 1. The number of nitrogens with one attached hydrogen (secondary N) is 2. The highest BCUT2D eigenvalue weighted by Crippen LogP contribution is 2.22.